The Morgan fingerprint density at radius 1 is 1.11 bits per heavy atom. The van der Waals surface area contributed by atoms with Crippen LogP contribution in [0.3, 0.4) is 0 Å². The van der Waals surface area contributed by atoms with E-state index in [0.717, 1.165) is 41.4 Å². The summed E-state index contributed by atoms with van der Waals surface area (Å²) in [4.78, 5) is 19.9. The topological polar surface area (TPSA) is 32.7 Å². The molecular weight excluding hydrogens is 388 g/mol. The van der Waals surface area contributed by atoms with Gasteiger partial charge in [-0.3, -0.25) is 9.69 Å². The molecule has 5 heteroatoms. The van der Waals surface area contributed by atoms with Gasteiger partial charge in [0.1, 0.15) is 0 Å². The first kappa shape index (κ1) is 18.0. The van der Waals surface area contributed by atoms with Crippen molar-refractivity contribution >= 4 is 40.1 Å². The number of amidine groups is 1. The van der Waals surface area contributed by atoms with E-state index in [-0.39, 0.29) is 11.9 Å². The number of aryl methyl sites for hydroxylation is 2. The maximum Gasteiger partial charge on any atom is 0.230 e. The molecule has 1 atom stereocenters. The molecule has 2 aromatic carbocycles. The number of thioether (sulfide) groups is 1. The van der Waals surface area contributed by atoms with Crippen LogP contribution in [0.25, 0.3) is 5.70 Å². The van der Waals surface area contributed by atoms with Crippen molar-refractivity contribution in [3.8, 4) is 0 Å². The summed E-state index contributed by atoms with van der Waals surface area (Å²) in [7, 11) is 0. The van der Waals surface area contributed by atoms with Crippen molar-refractivity contribution in [2.75, 3.05) is 5.75 Å². The van der Waals surface area contributed by atoms with Crippen molar-refractivity contribution < 1.29 is 4.79 Å². The average Bonchev–Trinajstić information content (AvgIpc) is 2.87. The molecule has 142 valence electrons. The van der Waals surface area contributed by atoms with E-state index < -0.39 is 0 Å². The van der Waals surface area contributed by atoms with Crippen LogP contribution in [-0.2, 0) is 11.2 Å². The maximum atomic E-state index is 12.9. The number of nitrogens with zero attached hydrogens (tertiary/aromatic N) is 2. The maximum absolute atomic E-state index is 12.9. The average molecular weight is 409 g/mol. The lowest BCUT2D eigenvalue weighted by atomic mass is 9.90. The molecule has 3 nitrogen and oxygen atoms in total. The van der Waals surface area contributed by atoms with Gasteiger partial charge in [0.15, 0.2) is 5.17 Å². The van der Waals surface area contributed by atoms with Crippen LogP contribution in [0.15, 0.2) is 53.0 Å². The smallest absolute Gasteiger partial charge is 0.230 e. The number of hydrogen-bond acceptors (Lipinski definition) is 3. The zero-order chi connectivity index (χ0) is 19.3. The van der Waals surface area contributed by atoms with E-state index in [1.54, 1.807) is 11.8 Å². The highest BCUT2D eigenvalue weighted by atomic mass is 35.5. The zero-order valence-corrected chi connectivity index (χ0v) is 17.3. The van der Waals surface area contributed by atoms with Gasteiger partial charge in [-0.15, -0.1) is 0 Å². The molecule has 0 bridgehead atoms. The van der Waals surface area contributed by atoms with E-state index in [2.05, 4.69) is 37.3 Å². The second kappa shape index (κ2) is 7.09. The molecule has 28 heavy (non-hydrogen) atoms. The Hall–Kier alpha value is -2.04. The summed E-state index contributed by atoms with van der Waals surface area (Å²) in [5.41, 5.74) is 7.27. The Morgan fingerprint density at radius 3 is 2.75 bits per heavy atom. The number of fused-ring (bicyclic) bond motifs is 3. The summed E-state index contributed by atoms with van der Waals surface area (Å²) in [6.45, 7) is 2.13. The van der Waals surface area contributed by atoms with Gasteiger partial charge in [-0.05, 0) is 61.1 Å². The van der Waals surface area contributed by atoms with Crippen molar-refractivity contribution in [3.63, 3.8) is 0 Å². The molecule has 1 fully saturated rings. The van der Waals surface area contributed by atoms with Crippen molar-refractivity contribution in [3.05, 3.63) is 75.3 Å². The number of amides is 1. The first-order valence-electron chi connectivity index (χ1n) is 9.74. The summed E-state index contributed by atoms with van der Waals surface area (Å²) >= 11 is 7.83. The normalized spacial score (nSPS) is 21.5. The van der Waals surface area contributed by atoms with E-state index in [0.29, 0.717) is 11.4 Å². The van der Waals surface area contributed by atoms with Crippen molar-refractivity contribution in [2.24, 2.45) is 4.99 Å². The van der Waals surface area contributed by atoms with Crippen LogP contribution in [0, 0.1) is 6.92 Å². The number of rotatable bonds is 1. The van der Waals surface area contributed by atoms with Gasteiger partial charge >= 0.3 is 0 Å². The van der Waals surface area contributed by atoms with E-state index in [9.17, 15) is 4.79 Å². The molecule has 1 aliphatic carbocycles. The number of aliphatic imine (C=N–C) groups is 1. The summed E-state index contributed by atoms with van der Waals surface area (Å²) in [6, 6.07) is 14.5. The van der Waals surface area contributed by atoms with Crippen molar-refractivity contribution in [2.45, 2.75) is 38.6 Å². The van der Waals surface area contributed by atoms with E-state index in [1.807, 2.05) is 17.0 Å². The van der Waals surface area contributed by atoms with Crippen LogP contribution < -0.4 is 0 Å². The Balaban J connectivity index is 1.75. The number of carbonyl (C=O) groups is 1. The molecule has 2 aromatic rings. The van der Waals surface area contributed by atoms with E-state index in [4.69, 9.17) is 16.6 Å². The summed E-state index contributed by atoms with van der Waals surface area (Å²) in [5, 5.41) is 1.55. The second-order valence-corrected chi connectivity index (χ2v) is 9.10. The molecule has 5 rings (SSSR count). The summed E-state index contributed by atoms with van der Waals surface area (Å²) < 4.78 is 0. The highest BCUT2D eigenvalue weighted by Gasteiger charge is 2.40. The molecule has 0 aromatic heterocycles. The first-order chi connectivity index (χ1) is 13.6. The van der Waals surface area contributed by atoms with Gasteiger partial charge in [-0.25, -0.2) is 4.99 Å². The third-order valence-electron chi connectivity index (χ3n) is 5.72. The van der Waals surface area contributed by atoms with Crippen LogP contribution >= 0.6 is 23.4 Å². The third kappa shape index (κ3) is 2.99. The predicted molar refractivity (Wildman–Crippen MR) is 117 cm³/mol. The van der Waals surface area contributed by atoms with Crippen LogP contribution in [0.5, 0.6) is 0 Å². The fourth-order valence-corrected chi connectivity index (χ4v) is 5.49. The molecule has 1 unspecified atom stereocenters. The molecule has 1 amide bonds. The minimum absolute atomic E-state index is 0.0912. The lowest BCUT2D eigenvalue weighted by Crippen LogP contribution is -2.44. The molecule has 0 radical (unpaired) electrons. The van der Waals surface area contributed by atoms with Gasteiger partial charge in [-0.2, -0.15) is 0 Å². The van der Waals surface area contributed by atoms with Gasteiger partial charge in [0, 0.05) is 22.8 Å². The quantitative estimate of drug-likeness (QED) is 0.599. The van der Waals surface area contributed by atoms with Crippen LogP contribution in [0.1, 0.15) is 47.6 Å². The number of halogens is 1. The Kier molecular flexibility index (Phi) is 4.56. The third-order valence-corrected chi connectivity index (χ3v) is 6.93. The van der Waals surface area contributed by atoms with E-state index >= 15 is 0 Å². The highest BCUT2D eigenvalue weighted by molar-refractivity contribution is 8.14. The lowest BCUT2D eigenvalue weighted by Gasteiger charge is -2.40. The van der Waals surface area contributed by atoms with Crippen LogP contribution in [0.2, 0.25) is 5.02 Å². The monoisotopic (exact) mass is 408 g/mol. The number of hydrogen-bond donors (Lipinski definition) is 0. The lowest BCUT2D eigenvalue weighted by molar-refractivity contribution is -0.128. The second-order valence-electron chi connectivity index (χ2n) is 7.60. The Morgan fingerprint density at radius 2 is 1.93 bits per heavy atom. The van der Waals surface area contributed by atoms with Crippen LogP contribution in [0.4, 0.5) is 0 Å². The standard InChI is InChI=1S/C23H21ClN2OS/c1-14-5-6-15-3-2-4-18-21(19(15)13-14)25-23-26(20(27)11-12-28-23)22(18)16-7-9-17(24)10-8-16/h5-10,13,22H,2-4,11-12H2,1H3. The van der Waals surface area contributed by atoms with E-state index in [1.165, 1.54) is 22.3 Å². The molecule has 3 aliphatic rings. The first-order valence-corrected chi connectivity index (χ1v) is 11.1. The molecule has 1 saturated heterocycles. The zero-order valence-electron chi connectivity index (χ0n) is 15.7. The molecule has 0 saturated carbocycles. The molecule has 2 heterocycles. The van der Waals surface area contributed by atoms with Crippen molar-refractivity contribution in [1.82, 2.24) is 4.90 Å². The van der Waals surface area contributed by atoms with Crippen LogP contribution in [-0.4, -0.2) is 21.7 Å². The Labute approximate surface area is 174 Å². The largest absolute Gasteiger partial charge is 0.280 e. The molecular formula is C23H21ClN2OS. The number of carbonyl (C=O) groups excluding carboxylic acids is 1. The van der Waals surface area contributed by atoms with Gasteiger partial charge in [0.25, 0.3) is 0 Å². The summed E-state index contributed by atoms with van der Waals surface area (Å²) in [5.74, 6) is 0.961. The van der Waals surface area contributed by atoms with Crippen molar-refractivity contribution in [1.29, 1.82) is 0 Å². The summed E-state index contributed by atoms with van der Waals surface area (Å²) in [6.07, 6.45) is 3.62. The molecule has 0 spiro atoms. The van der Waals surface area contributed by atoms with Gasteiger partial charge in [0.2, 0.25) is 5.91 Å². The van der Waals surface area contributed by atoms with Gasteiger partial charge < -0.3 is 0 Å². The highest BCUT2D eigenvalue weighted by Crippen LogP contribution is 2.46. The number of benzene rings is 2. The molecule has 2 aliphatic heterocycles. The minimum atomic E-state index is -0.0912. The minimum Gasteiger partial charge on any atom is -0.280 e. The fraction of sp³-hybridized carbons (Fsp3) is 0.304. The molecule has 0 N–H and O–H groups in total. The van der Waals surface area contributed by atoms with Gasteiger partial charge in [0.05, 0.1) is 11.7 Å². The SMILES string of the molecule is Cc1ccc2c(c1)C1=C(CCC2)C(c2ccc(Cl)cc2)N2C(=O)CCSC2=N1. The van der Waals surface area contributed by atoms with Gasteiger partial charge in [-0.1, -0.05) is 53.2 Å². The fourth-order valence-electron chi connectivity index (χ4n) is 4.40. The predicted octanol–water partition coefficient (Wildman–Crippen LogP) is 5.77. The Bertz CT molecular complexity index is 1030.